The minimum absolute atomic E-state index is 0.0165. The predicted molar refractivity (Wildman–Crippen MR) is 94.2 cm³/mol. The second-order valence-corrected chi connectivity index (χ2v) is 8.25. The Bertz CT molecular complexity index is 376. The zero-order valence-electron chi connectivity index (χ0n) is 14.7. The molecule has 1 rings (SSSR count). The average molecular weight is 365 g/mol. The summed E-state index contributed by atoms with van der Waals surface area (Å²) in [6.07, 6.45) is 3.75. The van der Waals surface area contributed by atoms with E-state index in [4.69, 9.17) is 9.84 Å². The minimum atomic E-state index is -0.950. The summed E-state index contributed by atoms with van der Waals surface area (Å²) in [5.74, 6) is -0.295. The van der Waals surface area contributed by atoms with Crippen LogP contribution in [0.3, 0.4) is 0 Å². The molecule has 0 spiro atoms. The van der Waals surface area contributed by atoms with Gasteiger partial charge in [0.1, 0.15) is 0 Å². The molecule has 4 N–H and O–H groups in total. The standard InChI is InChI=1S/C17H32O6S/c1-17(22,10-23-2)11-24-16-12(13(18)9-14(16)19)7-5-3-4-6-8-15(20)21/h12-14,16,18-19,22H,3-11H2,1-2H3,(H,20,21)/t12-,13?,14?,16+,17?/m0/s1. The number of rotatable bonds is 12. The van der Waals surface area contributed by atoms with Crippen molar-refractivity contribution in [2.24, 2.45) is 5.92 Å². The fraction of sp³-hybridized carbons (Fsp3) is 0.941. The molecular weight excluding hydrogens is 332 g/mol. The fourth-order valence-corrected chi connectivity index (χ4v) is 4.82. The van der Waals surface area contributed by atoms with Gasteiger partial charge in [-0.05, 0) is 25.7 Å². The van der Waals surface area contributed by atoms with Gasteiger partial charge in [0.2, 0.25) is 0 Å². The molecule has 0 amide bonds. The van der Waals surface area contributed by atoms with E-state index < -0.39 is 23.8 Å². The van der Waals surface area contributed by atoms with Crippen molar-refractivity contribution in [3.63, 3.8) is 0 Å². The topological polar surface area (TPSA) is 107 Å². The predicted octanol–water partition coefficient (Wildman–Crippen LogP) is 1.65. The summed E-state index contributed by atoms with van der Waals surface area (Å²) < 4.78 is 5.00. The van der Waals surface area contributed by atoms with Crippen molar-refractivity contribution < 1.29 is 30.0 Å². The van der Waals surface area contributed by atoms with E-state index in [2.05, 4.69) is 0 Å². The molecule has 1 saturated carbocycles. The molecule has 0 heterocycles. The first-order chi connectivity index (χ1) is 11.3. The number of thioether (sulfide) groups is 1. The fourth-order valence-electron chi connectivity index (χ4n) is 3.29. The Morgan fingerprint density at radius 2 is 1.88 bits per heavy atom. The van der Waals surface area contributed by atoms with Crippen LogP contribution in [0.1, 0.15) is 51.9 Å². The number of unbranched alkanes of at least 4 members (excludes halogenated alkanes) is 3. The first kappa shape index (κ1) is 21.7. The largest absolute Gasteiger partial charge is 0.481 e. The van der Waals surface area contributed by atoms with Gasteiger partial charge in [-0.1, -0.05) is 19.3 Å². The first-order valence-corrected chi connectivity index (χ1v) is 9.72. The molecule has 1 aliphatic rings. The molecule has 6 nitrogen and oxygen atoms in total. The highest BCUT2D eigenvalue weighted by atomic mass is 32.2. The molecular formula is C17H32O6S. The quantitative estimate of drug-likeness (QED) is 0.390. The lowest BCUT2D eigenvalue weighted by Crippen LogP contribution is -2.36. The summed E-state index contributed by atoms with van der Waals surface area (Å²) in [6, 6.07) is 0. The number of hydrogen-bond donors (Lipinski definition) is 4. The van der Waals surface area contributed by atoms with Gasteiger partial charge in [-0.3, -0.25) is 4.79 Å². The summed E-state index contributed by atoms with van der Waals surface area (Å²) in [6.45, 7) is 1.94. The Morgan fingerprint density at radius 1 is 1.21 bits per heavy atom. The van der Waals surface area contributed by atoms with Crippen LogP contribution in [0.15, 0.2) is 0 Å². The van der Waals surface area contributed by atoms with Gasteiger partial charge in [0.25, 0.3) is 0 Å². The van der Waals surface area contributed by atoms with Gasteiger partial charge >= 0.3 is 5.97 Å². The van der Waals surface area contributed by atoms with E-state index in [0.29, 0.717) is 18.6 Å². The van der Waals surface area contributed by atoms with Crippen molar-refractivity contribution in [2.45, 2.75) is 74.9 Å². The molecule has 0 aliphatic heterocycles. The Balaban J connectivity index is 2.38. The van der Waals surface area contributed by atoms with Crippen LogP contribution in [-0.4, -0.2) is 68.9 Å². The molecule has 0 radical (unpaired) electrons. The lowest BCUT2D eigenvalue weighted by Gasteiger charge is -2.28. The van der Waals surface area contributed by atoms with Gasteiger partial charge in [-0.15, -0.1) is 0 Å². The van der Waals surface area contributed by atoms with E-state index >= 15 is 0 Å². The van der Waals surface area contributed by atoms with E-state index in [1.54, 1.807) is 14.0 Å². The van der Waals surface area contributed by atoms with Crippen LogP contribution in [0.4, 0.5) is 0 Å². The molecule has 3 unspecified atom stereocenters. The van der Waals surface area contributed by atoms with Crippen molar-refractivity contribution in [2.75, 3.05) is 19.5 Å². The molecule has 0 aromatic heterocycles. The number of aliphatic hydroxyl groups is 3. The van der Waals surface area contributed by atoms with Crippen molar-refractivity contribution in [1.29, 1.82) is 0 Å². The van der Waals surface area contributed by atoms with Crippen LogP contribution in [0.25, 0.3) is 0 Å². The van der Waals surface area contributed by atoms with Crippen LogP contribution < -0.4 is 0 Å². The zero-order valence-corrected chi connectivity index (χ0v) is 15.5. The van der Waals surface area contributed by atoms with Crippen molar-refractivity contribution >= 4 is 17.7 Å². The maximum Gasteiger partial charge on any atom is 0.303 e. The third-order valence-electron chi connectivity index (χ3n) is 4.50. The van der Waals surface area contributed by atoms with Crippen molar-refractivity contribution in [3.8, 4) is 0 Å². The van der Waals surface area contributed by atoms with E-state index in [0.717, 1.165) is 25.7 Å². The Hall–Kier alpha value is -0.340. The van der Waals surface area contributed by atoms with Crippen LogP contribution in [-0.2, 0) is 9.53 Å². The van der Waals surface area contributed by atoms with Crippen LogP contribution in [0.5, 0.6) is 0 Å². The van der Waals surface area contributed by atoms with Crippen molar-refractivity contribution in [3.05, 3.63) is 0 Å². The molecule has 24 heavy (non-hydrogen) atoms. The molecule has 0 bridgehead atoms. The zero-order chi connectivity index (χ0) is 18.2. The van der Waals surface area contributed by atoms with Gasteiger partial charge < -0.3 is 25.2 Å². The lowest BCUT2D eigenvalue weighted by atomic mass is 9.97. The number of carboxylic acid groups (broad SMARTS) is 1. The highest BCUT2D eigenvalue weighted by molar-refractivity contribution is 8.00. The Labute approximate surface area is 148 Å². The molecule has 0 aromatic carbocycles. The van der Waals surface area contributed by atoms with E-state index in [9.17, 15) is 20.1 Å². The number of carboxylic acids is 1. The molecule has 5 atom stereocenters. The van der Waals surface area contributed by atoms with Crippen molar-refractivity contribution in [1.82, 2.24) is 0 Å². The number of ether oxygens (including phenoxy) is 1. The van der Waals surface area contributed by atoms with E-state index in [-0.39, 0.29) is 24.2 Å². The van der Waals surface area contributed by atoms with Crippen LogP contribution in [0.2, 0.25) is 0 Å². The maximum atomic E-state index is 10.5. The maximum absolute atomic E-state index is 10.5. The third-order valence-corrected chi connectivity index (χ3v) is 6.34. The number of hydrogen-bond acceptors (Lipinski definition) is 6. The summed E-state index contributed by atoms with van der Waals surface area (Å²) in [7, 11) is 1.54. The number of carbonyl (C=O) groups is 1. The molecule has 1 aliphatic carbocycles. The summed E-state index contributed by atoms with van der Waals surface area (Å²) in [5, 5.41) is 39.1. The van der Waals surface area contributed by atoms with Gasteiger partial charge in [0, 0.05) is 31.0 Å². The summed E-state index contributed by atoms with van der Waals surface area (Å²) in [4.78, 5) is 10.5. The molecule has 0 saturated heterocycles. The average Bonchev–Trinajstić information content (AvgIpc) is 2.74. The second kappa shape index (κ2) is 10.6. The monoisotopic (exact) mass is 364 g/mol. The Morgan fingerprint density at radius 3 is 2.50 bits per heavy atom. The van der Waals surface area contributed by atoms with Crippen LogP contribution in [0, 0.1) is 5.92 Å². The van der Waals surface area contributed by atoms with E-state index in [1.165, 1.54) is 11.8 Å². The van der Waals surface area contributed by atoms with Gasteiger partial charge in [-0.25, -0.2) is 0 Å². The second-order valence-electron chi connectivity index (χ2n) is 7.09. The summed E-state index contributed by atoms with van der Waals surface area (Å²) >= 11 is 1.51. The molecule has 1 fully saturated rings. The number of methoxy groups -OCH3 is 1. The summed E-state index contributed by atoms with van der Waals surface area (Å²) in [5.41, 5.74) is -0.950. The van der Waals surface area contributed by atoms with Gasteiger partial charge in [0.05, 0.1) is 24.4 Å². The Kier molecular flexibility index (Phi) is 9.59. The van der Waals surface area contributed by atoms with Gasteiger partial charge in [-0.2, -0.15) is 11.8 Å². The SMILES string of the molecule is COCC(C)(O)CS[C@H]1C(O)CC(O)[C@@H]1CCCCCCC(=O)O. The first-order valence-electron chi connectivity index (χ1n) is 8.67. The van der Waals surface area contributed by atoms with Gasteiger partial charge in [0.15, 0.2) is 0 Å². The highest BCUT2D eigenvalue weighted by Gasteiger charge is 2.42. The number of aliphatic hydroxyl groups excluding tert-OH is 2. The lowest BCUT2D eigenvalue weighted by molar-refractivity contribution is -0.137. The molecule has 0 aromatic rings. The normalized spacial score (nSPS) is 29.5. The smallest absolute Gasteiger partial charge is 0.303 e. The highest BCUT2D eigenvalue weighted by Crippen LogP contribution is 2.39. The molecule has 7 heteroatoms. The third kappa shape index (κ3) is 7.70. The number of aliphatic carboxylic acids is 1. The van der Waals surface area contributed by atoms with E-state index in [1.807, 2.05) is 0 Å². The molecule has 142 valence electrons. The van der Waals surface area contributed by atoms with Crippen LogP contribution >= 0.6 is 11.8 Å². The minimum Gasteiger partial charge on any atom is -0.481 e.